The molecule has 0 bridgehead atoms. The number of aromatic nitrogens is 1. The van der Waals surface area contributed by atoms with E-state index in [1.807, 2.05) is 48.8 Å². The highest BCUT2D eigenvalue weighted by atomic mass is 16.5. The molecule has 0 fully saturated rings. The predicted octanol–water partition coefficient (Wildman–Crippen LogP) is 2.85. The molecule has 1 N–H and O–H groups in total. The molecule has 1 atom stereocenters. The van der Waals surface area contributed by atoms with Gasteiger partial charge in [-0.15, -0.1) is 0 Å². The Morgan fingerprint density at radius 3 is 2.90 bits per heavy atom. The van der Waals surface area contributed by atoms with Crippen LogP contribution in [0.1, 0.15) is 17.2 Å². The quantitative estimate of drug-likeness (QED) is 0.864. The summed E-state index contributed by atoms with van der Waals surface area (Å²) in [7, 11) is 0. The lowest BCUT2D eigenvalue weighted by Gasteiger charge is -2.24. The number of nitrogens with one attached hydrogen (secondary N) is 1. The molecule has 0 saturated carbocycles. The summed E-state index contributed by atoms with van der Waals surface area (Å²) in [5.41, 5.74) is 4.10. The molecule has 3 rings (SSSR count). The SMILES string of the molecule is O=COC(C1=CNc2ccncc2C1)c1ccccc1. The maximum absolute atomic E-state index is 10.8. The number of hydrogen-bond donors (Lipinski definition) is 1. The minimum absolute atomic E-state index is 0.366. The Morgan fingerprint density at radius 1 is 1.25 bits per heavy atom. The lowest BCUT2D eigenvalue weighted by molar-refractivity contribution is -0.132. The minimum atomic E-state index is -0.366. The molecule has 100 valence electrons. The lowest BCUT2D eigenvalue weighted by atomic mass is 9.94. The van der Waals surface area contributed by atoms with Crippen LogP contribution in [0.2, 0.25) is 0 Å². The van der Waals surface area contributed by atoms with E-state index in [0.29, 0.717) is 12.9 Å². The molecule has 1 aliphatic heterocycles. The Bertz CT molecular complexity index is 638. The summed E-state index contributed by atoms with van der Waals surface area (Å²) in [6, 6.07) is 11.6. The van der Waals surface area contributed by atoms with Crippen LogP contribution in [0.5, 0.6) is 0 Å². The zero-order chi connectivity index (χ0) is 13.8. The molecule has 1 aromatic heterocycles. The van der Waals surface area contributed by atoms with Crippen LogP contribution in [0.15, 0.2) is 60.6 Å². The van der Waals surface area contributed by atoms with Gasteiger partial charge in [-0.3, -0.25) is 9.78 Å². The third kappa shape index (κ3) is 2.40. The van der Waals surface area contributed by atoms with E-state index in [-0.39, 0.29) is 6.10 Å². The van der Waals surface area contributed by atoms with Gasteiger partial charge >= 0.3 is 0 Å². The molecular weight excluding hydrogens is 252 g/mol. The second-order valence-electron chi connectivity index (χ2n) is 4.60. The van der Waals surface area contributed by atoms with Crippen molar-refractivity contribution in [2.45, 2.75) is 12.5 Å². The van der Waals surface area contributed by atoms with Gasteiger partial charge in [0, 0.05) is 30.7 Å². The molecule has 0 saturated heterocycles. The Kier molecular flexibility index (Phi) is 3.46. The highest BCUT2D eigenvalue weighted by Crippen LogP contribution is 2.32. The van der Waals surface area contributed by atoms with Gasteiger partial charge in [-0.05, 0) is 22.8 Å². The third-order valence-corrected chi connectivity index (χ3v) is 3.34. The van der Waals surface area contributed by atoms with Crippen molar-refractivity contribution in [3.05, 3.63) is 71.7 Å². The van der Waals surface area contributed by atoms with Crippen molar-refractivity contribution in [2.24, 2.45) is 0 Å². The maximum Gasteiger partial charge on any atom is 0.294 e. The number of benzene rings is 1. The highest BCUT2D eigenvalue weighted by molar-refractivity contribution is 5.57. The summed E-state index contributed by atoms with van der Waals surface area (Å²) < 4.78 is 5.27. The van der Waals surface area contributed by atoms with Gasteiger partial charge in [0.1, 0.15) is 6.10 Å². The molecule has 0 spiro atoms. The van der Waals surface area contributed by atoms with Crippen molar-refractivity contribution >= 4 is 12.2 Å². The van der Waals surface area contributed by atoms with Crippen LogP contribution in [-0.2, 0) is 16.0 Å². The Labute approximate surface area is 117 Å². The van der Waals surface area contributed by atoms with Crippen molar-refractivity contribution in [3.8, 4) is 0 Å². The number of carbonyl (C=O) groups excluding carboxylic acids is 1. The van der Waals surface area contributed by atoms with Crippen LogP contribution < -0.4 is 5.32 Å². The summed E-state index contributed by atoms with van der Waals surface area (Å²) in [5.74, 6) is 0. The first-order valence-electron chi connectivity index (χ1n) is 6.41. The molecular formula is C16H14N2O2. The zero-order valence-electron chi connectivity index (χ0n) is 10.8. The van der Waals surface area contributed by atoms with E-state index in [0.717, 1.165) is 22.4 Å². The fourth-order valence-electron chi connectivity index (χ4n) is 2.38. The molecule has 0 aliphatic carbocycles. The topological polar surface area (TPSA) is 51.2 Å². The molecule has 2 aromatic rings. The monoisotopic (exact) mass is 266 g/mol. The summed E-state index contributed by atoms with van der Waals surface area (Å²) in [5, 5.41) is 3.22. The summed E-state index contributed by atoms with van der Waals surface area (Å²) >= 11 is 0. The minimum Gasteiger partial charge on any atom is -0.455 e. The average Bonchev–Trinajstić information content (AvgIpc) is 2.53. The van der Waals surface area contributed by atoms with Gasteiger partial charge in [0.2, 0.25) is 0 Å². The number of fused-ring (bicyclic) bond motifs is 1. The second kappa shape index (κ2) is 5.57. The number of ether oxygens (including phenoxy) is 1. The van der Waals surface area contributed by atoms with E-state index in [1.54, 1.807) is 6.20 Å². The van der Waals surface area contributed by atoms with Crippen LogP contribution in [0.25, 0.3) is 0 Å². The summed E-state index contributed by atoms with van der Waals surface area (Å²) in [6.45, 7) is 0.497. The number of nitrogens with zero attached hydrogens (tertiary/aromatic N) is 1. The first-order valence-corrected chi connectivity index (χ1v) is 6.41. The Balaban J connectivity index is 1.90. The fourth-order valence-corrected chi connectivity index (χ4v) is 2.38. The second-order valence-corrected chi connectivity index (χ2v) is 4.60. The number of carbonyl (C=O) groups is 1. The predicted molar refractivity (Wildman–Crippen MR) is 76.0 cm³/mol. The molecule has 4 heteroatoms. The van der Waals surface area contributed by atoms with E-state index in [2.05, 4.69) is 10.3 Å². The first-order chi connectivity index (χ1) is 9.88. The average molecular weight is 266 g/mol. The molecule has 1 aliphatic rings. The van der Waals surface area contributed by atoms with Crippen molar-refractivity contribution in [1.29, 1.82) is 0 Å². The van der Waals surface area contributed by atoms with E-state index >= 15 is 0 Å². The lowest BCUT2D eigenvalue weighted by Crippen LogP contribution is -2.14. The maximum atomic E-state index is 10.8. The third-order valence-electron chi connectivity index (χ3n) is 3.34. The molecule has 20 heavy (non-hydrogen) atoms. The van der Waals surface area contributed by atoms with E-state index < -0.39 is 0 Å². The largest absolute Gasteiger partial charge is 0.455 e. The number of hydrogen-bond acceptors (Lipinski definition) is 4. The van der Waals surface area contributed by atoms with Crippen molar-refractivity contribution < 1.29 is 9.53 Å². The number of pyridine rings is 1. The van der Waals surface area contributed by atoms with Crippen LogP contribution in [0.3, 0.4) is 0 Å². The first kappa shape index (κ1) is 12.4. The van der Waals surface area contributed by atoms with Crippen LogP contribution >= 0.6 is 0 Å². The van der Waals surface area contributed by atoms with E-state index in [4.69, 9.17) is 4.74 Å². The Morgan fingerprint density at radius 2 is 2.10 bits per heavy atom. The van der Waals surface area contributed by atoms with Gasteiger partial charge in [-0.1, -0.05) is 30.3 Å². The highest BCUT2D eigenvalue weighted by Gasteiger charge is 2.21. The molecule has 2 heterocycles. The molecule has 1 unspecified atom stereocenters. The standard InChI is InChI=1S/C16H14N2O2/c19-11-20-16(12-4-2-1-3-5-12)14-8-13-9-17-7-6-15(13)18-10-14/h1-7,9-11,16,18H,8H2. The summed E-state index contributed by atoms with van der Waals surface area (Å²) in [4.78, 5) is 14.9. The van der Waals surface area contributed by atoms with Gasteiger partial charge in [-0.2, -0.15) is 0 Å². The zero-order valence-corrected chi connectivity index (χ0v) is 10.8. The number of anilines is 1. The van der Waals surface area contributed by atoms with Crippen molar-refractivity contribution in [1.82, 2.24) is 4.98 Å². The number of rotatable bonds is 4. The van der Waals surface area contributed by atoms with Crippen molar-refractivity contribution in [2.75, 3.05) is 5.32 Å². The fraction of sp³-hybridized carbons (Fsp3) is 0.125. The van der Waals surface area contributed by atoms with Crippen LogP contribution in [0, 0.1) is 0 Å². The van der Waals surface area contributed by atoms with E-state index in [9.17, 15) is 4.79 Å². The van der Waals surface area contributed by atoms with E-state index in [1.165, 1.54) is 0 Å². The van der Waals surface area contributed by atoms with Crippen LogP contribution in [0.4, 0.5) is 5.69 Å². The van der Waals surface area contributed by atoms with Gasteiger partial charge in [0.15, 0.2) is 0 Å². The normalized spacial score (nSPS) is 14.5. The smallest absolute Gasteiger partial charge is 0.294 e. The molecule has 4 nitrogen and oxygen atoms in total. The van der Waals surface area contributed by atoms with Gasteiger partial charge in [-0.25, -0.2) is 0 Å². The van der Waals surface area contributed by atoms with Gasteiger partial charge in [0.05, 0.1) is 0 Å². The molecule has 1 aromatic carbocycles. The van der Waals surface area contributed by atoms with Gasteiger partial charge in [0.25, 0.3) is 6.47 Å². The van der Waals surface area contributed by atoms with Crippen LogP contribution in [-0.4, -0.2) is 11.5 Å². The molecule has 0 radical (unpaired) electrons. The van der Waals surface area contributed by atoms with Gasteiger partial charge < -0.3 is 10.1 Å². The summed E-state index contributed by atoms with van der Waals surface area (Å²) in [6.07, 6.45) is 5.83. The van der Waals surface area contributed by atoms with Crippen molar-refractivity contribution in [3.63, 3.8) is 0 Å². The Hall–Kier alpha value is -2.62. The molecule has 0 amide bonds.